The summed E-state index contributed by atoms with van der Waals surface area (Å²) in [6.45, 7) is 10.2. The van der Waals surface area contributed by atoms with Crippen molar-refractivity contribution in [1.82, 2.24) is 10.6 Å². The standard InChI is InChI=1S/C15H20F3NO3.C15H18F3NO3.CH4/c2*1-9(2)13(20)8-14(21)19-10(3)11-5-4-6-12(7-11)22-15(16,17)18;/h4-7,9-10,13,20H,8H2,1-3H3,(H,19,21);4-7,9-10H,8H2,1-3H3,(H,19,21);1H4/t10-,13?;10-;/m00./s1. The summed E-state index contributed by atoms with van der Waals surface area (Å²) in [6, 6.07) is 9.72. The molecule has 2 aromatic carbocycles. The number of Topliss-reactive ketones (excluding diaryl/α,β-unsaturated/α-hetero) is 1. The van der Waals surface area contributed by atoms with E-state index in [-0.39, 0.29) is 55.3 Å². The molecule has 0 aliphatic rings. The number of amides is 2. The second kappa shape index (κ2) is 18.2. The number of aliphatic hydroxyl groups excluding tert-OH is 1. The third-order valence-electron chi connectivity index (χ3n) is 6.08. The first-order valence-corrected chi connectivity index (χ1v) is 13.7. The average Bonchev–Trinajstić information content (AvgIpc) is 2.87. The van der Waals surface area contributed by atoms with Crippen LogP contribution >= 0.6 is 0 Å². The highest BCUT2D eigenvalue weighted by Gasteiger charge is 2.32. The number of benzene rings is 2. The molecule has 0 aliphatic carbocycles. The lowest BCUT2D eigenvalue weighted by Gasteiger charge is -2.18. The topological polar surface area (TPSA) is 114 Å². The number of rotatable bonds is 12. The van der Waals surface area contributed by atoms with Crippen molar-refractivity contribution in [3.8, 4) is 11.5 Å². The smallest absolute Gasteiger partial charge is 0.406 e. The molecule has 0 aromatic heterocycles. The molecular formula is C31H42F6N2O6. The highest BCUT2D eigenvalue weighted by atomic mass is 19.4. The van der Waals surface area contributed by atoms with Crippen molar-refractivity contribution in [2.45, 2.75) is 92.7 Å². The van der Waals surface area contributed by atoms with Gasteiger partial charge in [-0.2, -0.15) is 0 Å². The summed E-state index contributed by atoms with van der Waals surface area (Å²) < 4.78 is 80.7. The fraction of sp³-hybridized carbons (Fsp3) is 0.516. The molecule has 0 radical (unpaired) electrons. The van der Waals surface area contributed by atoms with Gasteiger partial charge in [0.25, 0.3) is 0 Å². The minimum Gasteiger partial charge on any atom is -0.406 e. The maximum atomic E-state index is 12.2. The van der Waals surface area contributed by atoms with Crippen LogP contribution in [-0.4, -0.2) is 41.5 Å². The Balaban J connectivity index is 0.000000842. The number of nitrogens with one attached hydrogen (secondary N) is 2. The molecule has 45 heavy (non-hydrogen) atoms. The zero-order valence-corrected chi connectivity index (χ0v) is 25.2. The van der Waals surface area contributed by atoms with Crippen LogP contribution in [0.3, 0.4) is 0 Å². The van der Waals surface area contributed by atoms with Gasteiger partial charge in [-0.25, -0.2) is 0 Å². The molecule has 254 valence electrons. The number of carbonyl (C=O) groups is 3. The van der Waals surface area contributed by atoms with Gasteiger partial charge in [0.1, 0.15) is 17.3 Å². The fourth-order valence-corrected chi connectivity index (χ4v) is 3.51. The van der Waals surface area contributed by atoms with Crippen molar-refractivity contribution in [2.75, 3.05) is 0 Å². The van der Waals surface area contributed by atoms with Crippen molar-refractivity contribution < 1.29 is 55.3 Å². The monoisotopic (exact) mass is 652 g/mol. The molecule has 0 bridgehead atoms. The first-order chi connectivity index (χ1) is 20.2. The minimum atomic E-state index is -4.77. The van der Waals surface area contributed by atoms with Crippen LogP contribution in [0.4, 0.5) is 26.3 Å². The van der Waals surface area contributed by atoms with Gasteiger partial charge in [0.05, 0.1) is 31.0 Å². The Kier molecular flexibility index (Phi) is 16.7. The summed E-state index contributed by atoms with van der Waals surface area (Å²) in [5.74, 6) is -2.02. The molecule has 2 rings (SSSR count). The van der Waals surface area contributed by atoms with Crippen molar-refractivity contribution in [1.29, 1.82) is 0 Å². The number of aliphatic hydroxyl groups is 1. The van der Waals surface area contributed by atoms with Gasteiger partial charge in [-0.3, -0.25) is 14.4 Å². The van der Waals surface area contributed by atoms with Crippen molar-refractivity contribution in [3.05, 3.63) is 59.7 Å². The van der Waals surface area contributed by atoms with E-state index in [1.807, 2.05) is 0 Å². The van der Waals surface area contributed by atoms with Gasteiger partial charge in [-0.1, -0.05) is 59.4 Å². The van der Waals surface area contributed by atoms with Crippen LogP contribution in [0.1, 0.15) is 85.0 Å². The number of ketones is 1. The molecule has 0 saturated carbocycles. The van der Waals surface area contributed by atoms with E-state index >= 15 is 0 Å². The van der Waals surface area contributed by atoms with E-state index in [0.29, 0.717) is 11.1 Å². The largest absolute Gasteiger partial charge is 0.573 e. The van der Waals surface area contributed by atoms with Gasteiger partial charge < -0.3 is 25.2 Å². The number of alkyl halides is 6. The molecule has 14 heteroatoms. The molecular weight excluding hydrogens is 610 g/mol. The number of hydrogen-bond donors (Lipinski definition) is 3. The molecule has 8 nitrogen and oxygen atoms in total. The van der Waals surface area contributed by atoms with E-state index in [0.717, 1.165) is 0 Å². The van der Waals surface area contributed by atoms with Gasteiger partial charge >= 0.3 is 12.7 Å². The van der Waals surface area contributed by atoms with Crippen LogP contribution in [-0.2, 0) is 14.4 Å². The first-order valence-electron chi connectivity index (χ1n) is 13.7. The predicted molar refractivity (Wildman–Crippen MR) is 156 cm³/mol. The Hall–Kier alpha value is -3.81. The van der Waals surface area contributed by atoms with Gasteiger partial charge in [-0.15, -0.1) is 26.3 Å². The van der Waals surface area contributed by atoms with Crippen LogP contribution in [0.25, 0.3) is 0 Å². The minimum absolute atomic E-state index is 0. The third kappa shape index (κ3) is 17.3. The Morgan fingerprint density at radius 3 is 1.49 bits per heavy atom. The van der Waals surface area contributed by atoms with Crippen LogP contribution in [0.2, 0.25) is 0 Å². The maximum Gasteiger partial charge on any atom is 0.573 e. The maximum absolute atomic E-state index is 12.2. The second-order valence-corrected chi connectivity index (χ2v) is 10.6. The Morgan fingerprint density at radius 1 is 0.733 bits per heavy atom. The number of halogens is 6. The van der Waals surface area contributed by atoms with Gasteiger partial charge in [0.2, 0.25) is 11.8 Å². The normalized spacial score (nSPS) is 13.4. The van der Waals surface area contributed by atoms with Crippen molar-refractivity contribution in [2.24, 2.45) is 11.8 Å². The molecule has 1 unspecified atom stereocenters. The lowest BCUT2D eigenvalue weighted by Crippen LogP contribution is -2.31. The summed E-state index contributed by atoms with van der Waals surface area (Å²) in [6.07, 6.45) is -10.6. The van der Waals surface area contributed by atoms with Gasteiger partial charge in [0, 0.05) is 5.92 Å². The molecule has 2 amide bonds. The van der Waals surface area contributed by atoms with Crippen LogP contribution < -0.4 is 20.1 Å². The first kappa shape index (κ1) is 41.2. The van der Waals surface area contributed by atoms with E-state index in [1.165, 1.54) is 36.4 Å². The van der Waals surface area contributed by atoms with Gasteiger partial charge in [0.15, 0.2) is 0 Å². The van der Waals surface area contributed by atoms with E-state index in [4.69, 9.17) is 0 Å². The van der Waals surface area contributed by atoms with Gasteiger partial charge in [-0.05, 0) is 55.2 Å². The van der Waals surface area contributed by atoms with Crippen LogP contribution in [0.15, 0.2) is 48.5 Å². The second-order valence-electron chi connectivity index (χ2n) is 10.6. The third-order valence-corrected chi connectivity index (χ3v) is 6.08. The zero-order valence-electron chi connectivity index (χ0n) is 25.2. The van der Waals surface area contributed by atoms with E-state index in [2.05, 4.69) is 20.1 Å². The quantitative estimate of drug-likeness (QED) is 0.165. The van der Waals surface area contributed by atoms with E-state index in [9.17, 15) is 45.8 Å². The molecule has 0 fully saturated rings. The Morgan fingerprint density at radius 2 is 1.13 bits per heavy atom. The SMILES string of the molecule is C.CC(C)C(=O)CC(=O)N[C@@H](C)c1cccc(OC(F)(F)F)c1.CC(C)C(O)CC(=O)N[C@@H](C)c1cccc(OC(F)(F)F)c1. The number of carbonyl (C=O) groups excluding carboxylic acids is 3. The summed E-state index contributed by atoms with van der Waals surface area (Å²) in [7, 11) is 0. The Labute approximate surface area is 259 Å². The summed E-state index contributed by atoms with van der Waals surface area (Å²) in [4.78, 5) is 35.0. The van der Waals surface area contributed by atoms with Crippen molar-refractivity contribution in [3.63, 3.8) is 0 Å². The fourth-order valence-electron chi connectivity index (χ4n) is 3.51. The lowest BCUT2D eigenvalue weighted by atomic mass is 10.0. The summed E-state index contributed by atoms with van der Waals surface area (Å²) in [5.41, 5.74) is 0.932. The summed E-state index contributed by atoms with van der Waals surface area (Å²) in [5, 5.41) is 14.9. The summed E-state index contributed by atoms with van der Waals surface area (Å²) >= 11 is 0. The van der Waals surface area contributed by atoms with Crippen LogP contribution in [0, 0.1) is 11.8 Å². The highest BCUT2D eigenvalue weighted by molar-refractivity contribution is 5.98. The van der Waals surface area contributed by atoms with Crippen molar-refractivity contribution >= 4 is 17.6 Å². The van der Waals surface area contributed by atoms with E-state index < -0.39 is 36.8 Å². The molecule has 0 saturated heterocycles. The van der Waals surface area contributed by atoms with E-state index in [1.54, 1.807) is 53.7 Å². The average molecular weight is 653 g/mol. The Bertz CT molecular complexity index is 1230. The molecule has 2 aromatic rings. The molecule has 0 aliphatic heterocycles. The number of ether oxygens (including phenoxy) is 2. The molecule has 0 heterocycles. The molecule has 0 spiro atoms. The molecule has 3 atom stereocenters. The van der Waals surface area contributed by atoms with Crippen LogP contribution in [0.5, 0.6) is 11.5 Å². The number of hydrogen-bond acceptors (Lipinski definition) is 6. The highest BCUT2D eigenvalue weighted by Crippen LogP contribution is 2.27. The predicted octanol–water partition coefficient (Wildman–Crippen LogP) is 7.18. The molecule has 3 N–H and O–H groups in total. The lowest BCUT2D eigenvalue weighted by molar-refractivity contribution is -0.275. The zero-order chi connectivity index (χ0) is 33.8.